The zero-order chi connectivity index (χ0) is 21.1. The number of methoxy groups -OCH3 is 2. The number of hydrazine groups is 1. The Morgan fingerprint density at radius 1 is 1.10 bits per heavy atom. The number of nitrogens with zero attached hydrogens (tertiary/aromatic N) is 3. The van der Waals surface area contributed by atoms with Crippen LogP contribution in [0.2, 0.25) is 0 Å². The van der Waals surface area contributed by atoms with Gasteiger partial charge in [0.25, 0.3) is 11.7 Å². The summed E-state index contributed by atoms with van der Waals surface area (Å²) in [4.78, 5) is 69.4. The average Bonchev–Trinajstić information content (AvgIpc) is 3.28. The zero-order valence-electron chi connectivity index (χ0n) is 15.1. The number of para-hydroxylation sites is 1. The molecule has 0 saturated carbocycles. The van der Waals surface area contributed by atoms with Gasteiger partial charge in [-0.05, 0) is 22.2 Å². The normalized spacial score (nSPS) is 28.0. The first-order valence-corrected chi connectivity index (χ1v) is 8.27. The predicted molar refractivity (Wildman–Crippen MR) is 89.5 cm³/mol. The smallest absolute Gasteiger partial charge is 0.411 e. The molecular formula is C17H13N3O9. The van der Waals surface area contributed by atoms with Crippen molar-refractivity contribution in [1.82, 2.24) is 5.17 Å². The predicted octanol–water partition coefficient (Wildman–Crippen LogP) is -1.67. The van der Waals surface area contributed by atoms with Gasteiger partial charge in [0.2, 0.25) is 5.91 Å². The van der Waals surface area contributed by atoms with E-state index in [0.717, 1.165) is 19.1 Å². The number of fused-ring (bicyclic) bond motifs is 3. The maximum atomic E-state index is 13.2. The van der Waals surface area contributed by atoms with Crippen molar-refractivity contribution in [3.63, 3.8) is 0 Å². The van der Waals surface area contributed by atoms with Crippen LogP contribution in [0.3, 0.4) is 0 Å². The van der Waals surface area contributed by atoms with Crippen molar-refractivity contribution in [3.8, 4) is 0 Å². The zero-order valence-corrected chi connectivity index (χ0v) is 15.1. The van der Waals surface area contributed by atoms with E-state index in [1.807, 2.05) is 0 Å². The Labute approximate surface area is 162 Å². The number of hydrogen-bond donors (Lipinski definition) is 0. The minimum Gasteiger partial charge on any atom is -0.594 e. The number of anilines is 1. The molecule has 12 heteroatoms. The van der Waals surface area contributed by atoms with E-state index in [9.17, 15) is 29.2 Å². The largest absolute Gasteiger partial charge is 0.594 e. The third kappa shape index (κ3) is 2.05. The van der Waals surface area contributed by atoms with Gasteiger partial charge in [0, 0.05) is 0 Å². The van der Waals surface area contributed by atoms with Crippen molar-refractivity contribution >= 4 is 40.9 Å². The SMILES string of the molecule is COC(=O)C1=[N+]([O-])N2OC3C(=O)N(c4ccccc4)C(=O)C3C2(C(=O)OC)C1=O. The quantitative estimate of drug-likeness (QED) is 0.189. The molecule has 150 valence electrons. The van der Waals surface area contributed by atoms with Crippen LogP contribution in [0.4, 0.5) is 5.69 Å². The van der Waals surface area contributed by atoms with Gasteiger partial charge in [-0.3, -0.25) is 14.4 Å². The van der Waals surface area contributed by atoms with Gasteiger partial charge in [-0.2, -0.15) is 0 Å². The number of imide groups is 1. The Morgan fingerprint density at radius 3 is 2.34 bits per heavy atom. The summed E-state index contributed by atoms with van der Waals surface area (Å²) in [5, 5.41) is 12.7. The number of Topliss-reactive ketones (excluding diaryl/α,β-unsaturated/α-hetero) is 1. The van der Waals surface area contributed by atoms with E-state index in [1.54, 1.807) is 18.2 Å². The molecule has 0 radical (unpaired) electrons. The number of amides is 2. The molecule has 0 aromatic heterocycles. The monoisotopic (exact) mass is 403 g/mol. The van der Waals surface area contributed by atoms with Crippen LogP contribution in [0, 0.1) is 11.1 Å². The Morgan fingerprint density at radius 2 is 1.76 bits per heavy atom. The summed E-state index contributed by atoms with van der Waals surface area (Å²) in [5.41, 5.74) is -3.55. The molecule has 1 aromatic carbocycles. The fourth-order valence-corrected chi connectivity index (χ4v) is 3.79. The Kier molecular flexibility index (Phi) is 3.91. The molecule has 0 aliphatic carbocycles. The van der Waals surface area contributed by atoms with Crippen molar-refractivity contribution in [2.75, 3.05) is 19.1 Å². The molecule has 4 rings (SSSR count). The van der Waals surface area contributed by atoms with Gasteiger partial charge >= 0.3 is 23.2 Å². The molecule has 0 N–H and O–H groups in total. The van der Waals surface area contributed by atoms with Crippen molar-refractivity contribution in [1.29, 1.82) is 0 Å². The number of ketones is 1. The molecule has 3 heterocycles. The molecule has 3 aliphatic heterocycles. The number of rotatable bonds is 3. The summed E-state index contributed by atoms with van der Waals surface area (Å²) in [6.45, 7) is 0. The molecule has 3 aliphatic rings. The highest BCUT2D eigenvalue weighted by atomic mass is 16.8. The first-order valence-electron chi connectivity index (χ1n) is 8.27. The second-order valence-electron chi connectivity index (χ2n) is 6.32. The highest BCUT2D eigenvalue weighted by molar-refractivity contribution is 6.67. The van der Waals surface area contributed by atoms with Crippen LogP contribution >= 0.6 is 0 Å². The summed E-state index contributed by atoms with van der Waals surface area (Å²) >= 11 is 0. The number of esters is 2. The minimum atomic E-state index is -2.67. The van der Waals surface area contributed by atoms with E-state index < -0.39 is 52.8 Å². The number of carbonyl (C=O) groups is 5. The van der Waals surface area contributed by atoms with E-state index in [2.05, 4.69) is 9.47 Å². The average molecular weight is 403 g/mol. The highest BCUT2D eigenvalue weighted by Crippen LogP contribution is 2.48. The Bertz CT molecular complexity index is 1000. The van der Waals surface area contributed by atoms with Crippen LogP contribution in [-0.4, -0.2) is 71.1 Å². The summed E-state index contributed by atoms with van der Waals surface area (Å²) in [5.74, 6) is -7.58. The molecule has 2 amide bonds. The third-order valence-electron chi connectivity index (χ3n) is 5.03. The topological polar surface area (TPSA) is 146 Å². The van der Waals surface area contributed by atoms with Gasteiger partial charge < -0.3 is 14.7 Å². The van der Waals surface area contributed by atoms with E-state index in [4.69, 9.17) is 4.84 Å². The van der Waals surface area contributed by atoms with Gasteiger partial charge in [-0.1, -0.05) is 18.2 Å². The molecule has 29 heavy (non-hydrogen) atoms. The molecular weight excluding hydrogens is 390 g/mol. The van der Waals surface area contributed by atoms with E-state index >= 15 is 0 Å². The fourth-order valence-electron chi connectivity index (χ4n) is 3.79. The maximum Gasteiger partial charge on any atom is 0.411 e. The molecule has 3 atom stereocenters. The number of hydrazone groups is 1. The summed E-state index contributed by atoms with van der Waals surface area (Å²) in [6.07, 6.45) is -1.64. The second kappa shape index (κ2) is 6.10. The second-order valence-corrected chi connectivity index (χ2v) is 6.32. The summed E-state index contributed by atoms with van der Waals surface area (Å²) in [6, 6.07) is 7.77. The number of benzene rings is 1. The van der Waals surface area contributed by atoms with Gasteiger partial charge in [0.15, 0.2) is 6.10 Å². The number of ether oxygens (including phenoxy) is 2. The molecule has 2 fully saturated rings. The van der Waals surface area contributed by atoms with E-state index in [1.165, 1.54) is 12.1 Å². The van der Waals surface area contributed by atoms with Crippen LogP contribution in [-0.2, 0) is 38.3 Å². The van der Waals surface area contributed by atoms with Gasteiger partial charge in [0.05, 0.1) is 19.9 Å². The summed E-state index contributed by atoms with van der Waals surface area (Å²) < 4.78 is 9.07. The molecule has 0 spiro atoms. The number of hydrogen-bond acceptors (Lipinski definition) is 10. The van der Waals surface area contributed by atoms with Gasteiger partial charge in [-0.15, -0.1) is 0 Å². The van der Waals surface area contributed by atoms with Crippen molar-refractivity contribution in [3.05, 3.63) is 35.5 Å². The van der Waals surface area contributed by atoms with Crippen molar-refractivity contribution in [2.24, 2.45) is 5.92 Å². The first-order chi connectivity index (χ1) is 13.8. The Balaban J connectivity index is 1.87. The number of hydroxylamine groups is 1. The van der Waals surface area contributed by atoms with Crippen LogP contribution in [0.15, 0.2) is 30.3 Å². The van der Waals surface area contributed by atoms with Crippen LogP contribution < -0.4 is 4.90 Å². The van der Waals surface area contributed by atoms with E-state index in [0.29, 0.717) is 0 Å². The molecule has 2 saturated heterocycles. The van der Waals surface area contributed by atoms with Gasteiger partial charge in [-0.25, -0.2) is 19.3 Å². The lowest BCUT2D eigenvalue weighted by Gasteiger charge is -2.26. The van der Waals surface area contributed by atoms with Gasteiger partial charge in [0.1, 0.15) is 5.92 Å². The van der Waals surface area contributed by atoms with E-state index in [-0.39, 0.29) is 15.7 Å². The fraction of sp³-hybridized carbons (Fsp3) is 0.294. The summed E-state index contributed by atoms with van der Waals surface area (Å²) in [7, 11) is 1.85. The number of carbonyl (C=O) groups excluding carboxylic acids is 5. The highest BCUT2D eigenvalue weighted by Gasteiger charge is 2.83. The van der Waals surface area contributed by atoms with Crippen LogP contribution in [0.5, 0.6) is 0 Å². The third-order valence-corrected chi connectivity index (χ3v) is 5.03. The lowest BCUT2D eigenvalue weighted by atomic mass is 9.78. The molecule has 3 unspecified atom stereocenters. The minimum absolute atomic E-state index is 0.189. The lowest BCUT2D eigenvalue weighted by Crippen LogP contribution is -2.61. The maximum absolute atomic E-state index is 13.2. The van der Waals surface area contributed by atoms with Crippen LogP contribution in [0.1, 0.15) is 0 Å². The standard InChI is InChI=1S/C17H13N3O9/c1-27-15(24)10-12(21)17(16(25)28-2)9-11(29-20(17)19(10)26)14(23)18(13(9)22)8-6-4-3-5-7-8/h3-7,9,11H,1-2H3. The Hall–Kier alpha value is -3.80. The van der Waals surface area contributed by atoms with Crippen LogP contribution in [0.25, 0.3) is 0 Å². The lowest BCUT2D eigenvalue weighted by molar-refractivity contribution is -0.714. The van der Waals surface area contributed by atoms with Crippen molar-refractivity contribution < 1.29 is 43.1 Å². The first kappa shape index (κ1) is 18.6. The van der Waals surface area contributed by atoms with Crippen molar-refractivity contribution in [2.45, 2.75) is 11.6 Å². The molecule has 1 aromatic rings. The molecule has 0 bridgehead atoms. The molecule has 12 nitrogen and oxygen atoms in total.